The smallest absolute Gasteiger partial charge is 0.343 e. The van der Waals surface area contributed by atoms with E-state index < -0.39 is 17.6 Å². The fourth-order valence-corrected chi connectivity index (χ4v) is 2.53. The van der Waals surface area contributed by atoms with Crippen LogP contribution in [0.3, 0.4) is 0 Å². The van der Waals surface area contributed by atoms with Gasteiger partial charge in [-0.15, -0.1) is 6.58 Å². The monoisotopic (exact) mass is 338 g/mol. The molecule has 0 saturated heterocycles. The molecule has 0 heterocycles. The number of benzene rings is 3. The summed E-state index contributed by atoms with van der Waals surface area (Å²) in [6.45, 7) is 3.68. The largest absolute Gasteiger partial charge is 0.423 e. The summed E-state index contributed by atoms with van der Waals surface area (Å²) in [5.41, 5.74) is 1.53. The third kappa shape index (κ3) is 3.91. The van der Waals surface area contributed by atoms with Crippen molar-refractivity contribution >= 4 is 16.7 Å². The van der Waals surface area contributed by atoms with Gasteiger partial charge in [-0.1, -0.05) is 24.3 Å². The highest BCUT2D eigenvalue weighted by Crippen LogP contribution is 2.24. The third-order valence-corrected chi connectivity index (χ3v) is 3.89. The topological polar surface area (TPSA) is 26.3 Å². The molecule has 0 atom stereocenters. The number of allylic oxidation sites excluding steroid dienone is 1. The fourth-order valence-electron chi connectivity index (χ4n) is 2.53. The molecule has 3 aromatic rings. The molecule has 3 rings (SSSR count). The zero-order valence-electron chi connectivity index (χ0n) is 13.5. The molecule has 3 aromatic carbocycles. The van der Waals surface area contributed by atoms with Gasteiger partial charge in [-0.25, -0.2) is 13.6 Å². The minimum atomic E-state index is -0.939. The first kappa shape index (κ1) is 16.8. The average Bonchev–Trinajstić information content (AvgIpc) is 2.61. The molecule has 0 N–H and O–H groups in total. The van der Waals surface area contributed by atoms with Crippen molar-refractivity contribution < 1.29 is 18.3 Å². The molecule has 0 spiro atoms. The first-order valence-corrected chi connectivity index (χ1v) is 7.87. The second-order valence-corrected chi connectivity index (χ2v) is 5.69. The van der Waals surface area contributed by atoms with E-state index in [-0.39, 0.29) is 5.75 Å². The van der Waals surface area contributed by atoms with Gasteiger partial charge in [-0.05, 0) is 65.6 Å². The van der Waals surface area contributed by atoms with E-state index in [0.717, 1.165) is 30.5 Å². The Morgan fingerprint density at radius 3 is 2.32 bits per heavy atom. The summed E-state index contributed by atoms with van der Waals surface area (Å²) in [4.78, 5) is 12.2. The van der Waals surface area contributed by atoms with Crippen molar-refractivity contribution in [1.82, 2.24) is 0 Å². The van der Waals surface area contributed by atoms with Gasteiger partial charge >= 0.3 is 5.97 Å². The Morgan fingerprint density at radius 1 is 0.960 bits per heavy atom. The van der Waals surface area contributed by atoms with E-state index in [0.29, 0.717) is 16.3 Å². The average molecular weight is 338 g/mol. The van der Waals surface area contributed by atoms with Crippen molar-refractivity contribution in [2.75, 3.05) is 0 Å². The Kier molecular flexibility index (Phi) is 4.89. The fraction of sp³-hybridized carbons (Fsp3) is 0.0952. The minimum Gasteiger partial charge on any atom is -0.423 e. The second kappa shape index (κ2) is 7.26. The number of carbonyl (C=O) groups excluding carboxylic acids is 1. The van der Waals surface area contributed by atoms with E-state index in [2.05, 4.69) is 6.58 Å². The molecule has 25 heavy (non-hydrogen) atoms. The van der Waals surface area contributed by atoms with Crippen LogP contribution < -0.4 is 4.74 Å². The van der Waals surface area contributed by atoms with Gasteiger partial charge in [-0.3, -0.25) is 0 Å². The Balaban J connectivity index is 1.77. The predicted octanol–water partition coefficient (Wildman–Crippen LogP) is 5.46. The van der Waals surface area contributed by atoms with Crippen molar-refractivity contribution in [3.8, 4) is 5.75 Å². The Labute approximate surface area is 144 Å². The summed E-state index contributed by atoms with van der Waals surface area (Å²) in [6, 6.07) is 14.0. The summed E-state index contributed by atoms with van der Waals surface area (Å²) < 4.78 is 31.9. The molecule has 0 aliphatic heterocycles. The molecule has 126 valence electrons. The Hall–Kier alpha value is -3.01. The number of fused-ring (bicyclic) bond motifs is 1. The van der Waals surface area contributed by atoms with Crippen LogP contribution in [0.5, 0.6) is 5.75 Å². The molecular weight excluding hydrogens is 322 g/mol. The molecule has 0 aromatic heterocycles. The molecule has 0 radical (unpaired) electrons. The number of rotatable bonds is 5. The lowest BCUT2D eigenvalue weighted by Gasteiger charge is -2.07. The first-order valence-electron chi connectivity index (χ1n) is 7.87. The van der Waals surface area contributed by atoms with E-state index in [4.69, 9.17) is 4.74 Å². The van der Waals surface area contributed by atoms with Gasteiger partial charge in [0.15, 0.2) is 11.6 Å². The van der Waals surface area contributed by atoms with Crippen LogP contribution in [0.2, 0.25) is 0 Å². The maximum Gasteiger partial charge on any atom is 0.343 e. The van der Waals surface area contributed by atoms with Crippen molar-refractivity contribution in [2.45, 2.75) is 12.8 Å². The van der Waals surface area contributed by atoms with Crippen molar-refractivity contribution in [1.29, 1.82) is 0 Å². The van der Waals surface area contributed by atoms with Gasteiger partial charge in [0.2, 0.25) is 0 Å². The molecule has 4 heteroatoms. The van der Waals surface area contributed by atoms with E-state index in [1.165, 1.54) is 6.07 Å². The van der Waals surface area contributed by atoms with Crippen molar-refractivity contribution in [2.24, 2.45) is 0 Å². The Bertz CT molecular complexity index is 931. The molecule has 0 unspecified atom stereocenters. The van der Waals surface area contributed by atoms with Gasteiger partial charge in [0.1, 0.15) is 5.75 Å². The number of aryl methyl sites for hydroxylation is 1. The number of carbonyl (C=O) groups is 1. The summed E-state index contributed by atoms with van der Waals surface area (Å²) >= 11 is 0. The lowest BCUT2D eigenvalue weighted by molar-refractivity contribution is 0.0735. The molecule has 2 nitrogen and oxygen atoms in total. The molecule has 0 aliphatic rings. The van der Waals surface area contributed by atoms with E-state index in [9.17, 15) is 13.6 Å². The van der Waals surface area contributed by atoms with Crippen LogP contribution in [-0.2, 0) is 6.42 Å². The summed E-state index contributed by atoms with van der Waals surface area (Å²) in [7, 11) is 0. The zero-order chi connectivity index (χ0) is 17.8. The highest BCUT2D eigenvalue weighted by Gasteiger charge is 2.10. The van der Waals surface area contributed by atoms with Gasteiger partial charge in [-0.2, -0.15) is 0 Å². The van der Waals surface area contributed by atoms with Crippen LogP contribution >= 0.6 is 0 Å². The number of hydrogen-bond donors (Lipinski definition) is 0. The molecule has 0 bridgehead atoms. The van der Waals surface area contributed by atoms with Crippen molar-refractivity contribution in [3.63, 3.8) is 0 Å². The zero-order valence-corrected chi connectivity index (χ0v) is 13.5. The summed E-state index contributed by atoms with van der Waals surface area (Å²) in [6.07, 6.45) is 3.58. The van der Waals surface area contributed by atoms with Crippen LogP contribution in [0, 0.1) is 11.6 Å². The van der Waals surface area contributed by atoms with Crippen molar-refractivity contribution in [3.05, 3.63) is 90.0 Å². The standard InChI is InChI=1S/C21H16F2O2/c1-2-3-4-14-5-7-15(8-6-14)21(24)25-18-10-9-16-12-19(22)20(23)13-17(16)11-18/h2,5-13H,1,3-4H2. The van der Waals surface area contributed by atoms with E-state index in [1.54, 1.807) is 24.3 Å². The van der Waals surface area contributed by atoms with Crippen LogP contribution in [0.25, 0.3) is 10.8 Å². The van der Waals surface area contributed by atoms with Gasteiger partial charge in [0, 0.05) is 0 Å². The normalized spacial score (nSPS) is 10.6. The summed E-state index contributed by atoms with van der Waals surface area (Å²) in [5.74, 6) is -2.07. The number of halogens is 2. The summed E-state index contributed by atoms with van der Waals surface area (Å²) in [5, 5.41) is 0.995. The second-order valence-electron chi connectivity index (χ2n) is 5.69. The van der Waals surface area contributed by atoms with Crippen LogP contribution in [-0.4, -0.2) is 5.97 Å². The molecule has 0 aliphatic carbocycles. The first-order chi connectivity index (χ1) is 12.1. The van der Waals surface area contributed by atoms with E-state index >= 15 is 0 Å². The SMILES string of the molecule is C=CCCc1ccc(C(=O)Oc2ccc3cc(F)c(F)cc3c2)cc1. The van der Waals surface area contributed by atoms with Gasteiger partial charge in [0.25, 0.3) is 0 Å². The molecule has 0 saturated carbocycles. The van der Waals surface area contributed by atoms with Crippen LogP contribution in [0.1, 0.15) is 22.3 Å². The van der Waals surface area contributed by atoms with Crippen LogP contribution in [0.15, 0.2) is 67.3 Å². The Morgan fingerprint density at radius 2 is 1.64 bits per heavy atom. The lowest BCUT2D eigenvalue weighted by atomic mass is 10.1. The molecule has 0 amide bonds. The number of esters is 1. The quantitative estimate of drug-likeness (QED) is 0.351. The minimum absolute atomic E-state index is 0.277. The maximum atomic E-state index is 13.3. The number of ether oxygens (including phenoxy) is 1. The molecule has 0 fully saturated rings. The highest BCUT2D eigenvalue weighted by atomic mass is 19.2. The lowest BCUT2D eigenvalue weighted by Crippen LogP contribution is -2.08. The number of hydrogen-bond acceptors (Lipinski definition) is 2. The maximum absolute atomic E-state index is 13.3. The van der Waals surface area contributed by atoms with Gasteiger partial charge in [0.05, 0.1) is 5.56 Å². The third-order valence-electron chi connectivity index (χ3n) is 3.89. The predicted molar refractivity (Wildman–Crippen MR) is 93.8 cm³/mol. The molecular formula is C21H16F2O2. The van der Waals surface area contributed by atoms with Crippen LogP contribution in [0.4, 0.5) is 8.78 Å². The van der Waals surface area contributed by atoms with Gasteiger partial charge < -0.3 is 4.74 Å². The highest BCUT2D eigenvalue weighted by molar-refractivity contribution is 5.92. The van der Waals surface area contributed by atoms with E-state index in [1.807, 2.05) is 18.2 Å².